The standard InChI is InChI=1S/C33H29N3O5S/c1-20-5-9-22(10-6-20)34-29-30(33(39)36(32(29)38)24-13-7-21(2)8-14-24)42-26-16-11-23(12-17-26)35-31(37)27-18-15-25(40-3)19-28(27)41-4/h5-19,34H,1-4H3,(H,35,37). The van der Waals surface area contributed by atoms with Gasteiger partial charge in [0.1, 0.15) is 22.1 Å². The zero-order valence-electron chi connectivity index (χ0n) is 23.6. The van der Waals surface area contributed by atoms with Crippen molar-refractivity contribution in [3.63, 3.8) is 0 Å². The molecule has 212 valence electrons. The predicted molar refractivity (Wildman–Crippen MR) is 165 cm³/mol. The van der Waals surface area contributed by atoms with Gasteiger partial charge in [-0.25, -0.2) is 4.90 Å². The van der Waals surface area contributed by atoms with Crippen LogP contribution >= 0.6 is 11.8 Å². The first-order valence-electron chi connectivity index (χ1n) is 13.1. The number of anilines is 3. The van der Waals surface area contributed by atoms with Crippen molar-refractivity contribution in [2.75, 3.05) is 29.8 Å². The fourth-order valence-corrected chi connectivity index (χ4v) is 5.26. The maximum absolute atomic E-state index is 13.6. The van der Waals surface area contributed by atoms with Crippen molar-refractivity contribution in [3.8, 4) is 11.5 Å². The van der Waals surface area contributed by atoms with Gasteiger partial charge in [-0.1, -0.05) is 47.2 Å². The fraction of sp³-hybridized carbons (Fsp3) is 0.121. The number of carbonyl (C=O) groups excluding carboxylic acids is 3. The summed E-state index contributed by atoms with van der Waals surface area (Å²) in [5, 5.41) is 6.04. The van der Waals surface area contributed by atoms with Crippen LogP contribution in [0.4, 0.5) is 17.1 Å². The van der Waals surface area contributed by atoms with E-state index in [1.54, 1.807) is 61.7 Å². The normalized spacial score (nSPS) is 12.9. The van der Waals surface area contributed by atoms with Gasteiger partial charge in [-0.15, -0.1) is 0 Å². The molecule has 0 saturated carbocycles. The van der Waals surface area contributed by atoms with E-state index < -0.39 is 11.8 Å². The Balaban J connectivity index is 1.39. The van der Waals surface area contributed by atoms with E-state index in [2.05, 4.69) is 10.6 Å². The molecule has 2 N–H and O–H groups in total. The first kappa shape index (κ1) is 28.5. The summed E-state index contributed by atoms with van der Waals surface area (Å²) in [5.74, 6) is -0.206. The number of nitrogens with zero attached hydrogens (tertiary/aromatic N) is 1. The molecule has 0 unspecified atom stereocenters. The predicted octanol–water partition coefficient (Wildman–Crippen LogP) is 6.56. The van der Waals surface area contributed by atoms with Gasteiger partial charge in [0.05, 0.1) is 25.5 Å². The molecule has 0 fully saturated rings. The van der Waals surface area contributed by atoms with Crippen molar-refractivity contribution in [2.45, 2.75) is 18.7 Å². The molecular formula is C33H29N3O5S. The molecule has 1 aliphatic heterocycles. The van der Waals surface area contributed by atoms with Gasteiger partial charge in [-0.2, -0.15) is 0 Å². The molecule has 9 heteroatoms. The molecular weight excluding hydrogens is 550 g/mol. The lowest BCUT2D eigenvalue weighted by Crippen LogP contribution is -2.32. The maximum atomic E-state index is 13.6. The van der Waals surface area contributed by atoms with E-state index in [-0.39, 0.29) is 16.5 Å². The summed E-state index contributed by atoms with van der Waals surface area (Å²) >= 11 is 1.19. The molecule has 0 bridgehead atoms. The van der Waals surface area contributed by atoms with Crippen LogP contribution < -0.4 is 25.0 Å². The molecule has 0 saturated heterocycles. The van der Waals surface area contributed by atoms with Crippen LogP contribution in [0.2, 0.25) is 0 Å². The minimum atomic E-state index is -0.427. The number of amides is 3. The molecule has 42 heavy (non-hydrogen) atoms. The van der Waals surface area contributed by atoms with E-state index in [1.807, 2.05) is 50.2 Å². The first-order chi connectivity index (χ1) is 20.3. The molecule has 0 spiro atoms. The third-order valence-electron chi connectivity index (χ3n) is 6.64. The van der Waals surface area contributed by atoms with Crippen molar-refractivity contribution in [3.05, 3.63) is 118 Å². The molecule has 4 aromatic rings. The van der Waals surface area contributed by atoms with Gasteiger partial charge < -0.3 is 20.1 Å². The first-order valence-corrected chi connectivity index (χ1v) is 13.9. The third kappa shape index (κ3) is 6.01. The lowest BCUT2D eigenvalue weighted by molar-refractivity contribution is -0.120. The van der Waals surface area contributed by atoms with E-state index in [0.29, 0.717) is 34.1 Å². The van der Waals surface area contributed by atoms with Gasteiger partial charge in [-0.3, -0.25) is 14.4 Å². The van der Waals surface area contributed by atoms with Crippen molar-refractivity contribution in [2.24, 2.45) is 0 Å². The molecule has 0 atom stereocenters. The average molecular weight is 580 g/mol. The molecule has 4 aromatic carbocycles. The summed E-state index contributed by atoms with van der Waals surface area (Å²) in [6.45, 7) is 3.92. The van der Waals surface area contributed by atoms with Crippen LogP contribution in [0, 0.1) is 13.8 Å². The van der Waals surface area contributed by atoms with Gasteiger partial charge in [-0.05, 0) is 74.5 Å². The van der Waals surface area contributed by atoms with Crippen LogP contribution in [0.3, 0.4) is 0 Å². The Labute approximate surface area is 248 Å². The highest BCUT2D eigenvalue weighted by Gasteiger charge is 2.40. The number of benzene rings is 4. The number of hydrogen-bond donors (Lipinski definition) is 2. The summed E-state index contributed by atoms with van der Waals surface area (Å²) in [6, 6.07) is 26.9. The van der Waals surface area contributed by atoms with Crippen LogP contribution in [0.1, 0.15) is 21.5 Å². The zero-order chi connectivity index (χ0) is 29.8. The second-order valence-corrected chi connectivity index (χ2v) is 10.7. The number of carbonyl (C=O) groups is 3. The van der Waals surface area contributed by atoms with Crippen LogP contribution in [0.25, 0.3) is 0 Å². The Morgan fingerprint density at radius 3 is 1.98 bits per heavy atom. The summed E-state index contributed by atoms with van der Waals surface area (Å²) < 4.78 is 10.5. The number of aryl methyl sites for hydroxylation is 2. The summed E-state index contributed by atoms with van der Waals surface area (Å²) in [7, 11) is 3.03. The zero-order valence-corrected chi connectivity index (χ0v) is 24.4. The van der Waals surface area contributed by atoms with Gasteiger partial charge in [0.15, 0.2) is 0 Å². The van der Waals surface area contributed by atoms with Gasteiger partial charge in [0.25, 0.3) is 17.7 Å². The number of imide groups is 1. The molecule has 0 radical (unpaired) electrons. The molecule has 5 rings (SSSR count). The topological polar surface area (TPSA) is 97.0 Å². The maximum Gasteiger partial charge on any atom is 0.283 e. The third-order valence-corrected chi connectivity index (χ3v) is 7.73. The largest absolute Gasteiger partial charge is 0.497 e. The lowest BCUT2D eigenvalue weighted by Gasteiger charge is -2.15. The quantitative estimate of drug-likeness (QED) is 0.217. The average Bonchev–Trinajstić information content (AvgIpc) is 3.23. The Hall–Kier alpha value is -5.02. The van der Waals surface area contributed by atoms with Crippen LogP contribution in [-0.4, -0.2) is 31.9 Å². The lowest BCUT2D eigenvalue weighted by atomic mass is 10.1. The number of rotatable bonds is 9. The highest BCUT2D eigenvalue weighted by molar-refractivity contribution is 8.04. The Morgan fingerprint density at radius 2 is 1.36 bits per heavy atom. The Morgan fingerprint density at radius 1 is 0.738 bits per heavy atom. The second kappa shape index (κ2) is 12.2. The van der Waals surface area contributed by atoms with E-state index in [0.717, 1.165) is 16.0 Å². The minimum absolute atomic E-state index is 0.207. The van der Waals surface area contributed by atoms with Crippen molar-refractivity contribution in [1.82, 2.24) is 0 Å². The Bertz CT molecular complexity index is 1680. The van der Waals surface area contributed by atoms with Crippen LogP contribution in [0.15, 0.2) is 106 Å². The van der Waals surface area contributed by atoms with E-state index in [1.165, 1.54) is 23.8 Å². The van der Waals surface area contributed by atoms with E-state index >= 15 is 0 Å². The van der Waals surface area contributed by atoms with E-state index in [9.17, 15) is 14.4 Å². The Kier molecular flexibility index (Phi) is 8.31. The fourth-order valence-electron chi connectivity index (χ4n) is 4.33. The van der Waals surface area contributed by atoms with Crippen LogP contribution in [0.5, 0.6) is 11.5 Å². The summed E-state index contributed by atoms with van der Waals surface area (Å²) in [6.07, 6.45) is 0. The van der Waals surface area contributed by atoms with Crippen molar-refractivity contribution >= 4 is 46.5 Å². The van der Waals surface area contributed by atoms with Gasteiger partial charge in [0, 0.05) is 22.3 Å². The number of methoxy groups -OCH3 is 2. The number of ether oxygens (including phenoxy) is 2. The second-order valence-electron chi connectivity index (χ2n) is 9.62. The number of thioether (sulfide) groups is 1. The molecule has 3 amide bonds. The molecule has 8 nitrogen and oxygen atoms in total. The number of nitrogens with one attached hydrogen (secondary N) is 2. The molecule has 1 aliphatic rings. The number of hydrogen-bond acceptors (Lipinski definition) is 7. The molecule has 1 heterocycles. The van der Waals surface area contributed by atoms with Crippen molar-refractivity contribution in [1.29, 1.82) is 0 Å². The van der Waals surface area contributed by atoms with Gasteiger partial charge >= 0.3 is 0 Å². The monoisotopic (exact) mass is 579 g/mol. The summed E-state index contributed by atoms with van der Waals surface area (Å²) in [4.78, 5) is 42.3. The van der Waals surface area contributed by atoms with E-state index in [4.69, 9.17) is 9.47 Å². The SMILES string of the molecule is COc1ccc(C(=O)Nc2ccc(SC3=C(Nc4ccc(C)cc4)C(=O)N(c4ccc(C)cc4)C3=O)cc2)c(OC)c1. The molecule has 0 aliphatic carbocycles. The van der Waals surface area contributed by atoms with Gasteiger partial charge in [0.2, 0.25) is 0 Å². The van der Waals surface area contributed by atoms with Crippen molar-refractivity contribution < 1.29 is 23.9 Å². The highest BCUT2D eigenvalue weighted by atomic mass is 32.2. The summed E-state index contributed by atoms with van der Waals surface area (Å²) in [5.41, 5.74) is 4.43. The smallest absolute Gasteiger partial charge is 0.283 e. The van der Waals surface area contributed by atoms with Crippen LogP contribution in [-0.2, 0) is 9.59 Å². The highest BCUT2D eigenvalue weighted by Crippen LogP contribution is 2.38. The minimum Gasteiger partial charge on any atom is -0.497 e. The molecule has 0 aromatic heterocycles.